The Morgan fingerprint density at radius 3 is 2.50 bits per heavy atom. The highest BCUT2D eigenvalue weighted by Gasteiger charge is 2.08. The fourth-order valence-corrected chi connectivity index (χ4v) is 1.63. The second kappa shape index (κ2) is 5.00. The molecule has 0 amide bonds. The summed E-state index contributed by atoms with van der Waals surface area (Å²) < 4.78 is 12.9. The Kier molecular flexibility index (Phi) is 3.41. The minimum Gasteiger partial charge on any atom is -0.384 e. The van der Waals surface area contributed by atoms with Crippen LogP contribution >= 0.6 is 0 Å². The smallest absolute Gasteiger partial charge is 0.138 e. The highest BCUT2D eigenvalue weighted by Crippen LogP contribution is 2.23. The molecule has 4 nitrogen and oxygen atoms in total. The molecule has 0 aliphatic heterocycles. The van der Waals surface area contributed by atoms with Gasteiger partial charge in [-0.25, -0.2) is 14.4 Å². The number of aryl methyl sites for hydroxylation is 1. The maximum Gasteiger partial charge on any atom is 0.138 e. The molecule has 0 saturated heterocycles. The lowest BCUT2D eigenvalue weighted by atomic mass is 10.3. The normalized spacial score (nSPS) is 10.4. The monoisotopic (exact) mass is 246 g/mol. The summed E-state index contributed by atoms with van der Waals surface area (Å²) in [7, 11) is 1.86. The molecule has 0 aliphatic rings. The lowest BCUT2D eigenvalue weighted by Crippen LogP contribution is -2.13. The summed E-state index contributed by atoms with van der Waals surface area (Å²) in [6, 6.07) is 7.91. The lowest BCUT2D eigenvalue weighted by molar-refractivity contribution is 0.628. The van der Waals surface area contributed by atoms with Crippen LogP contribution in [0.2, 0.25) is 0 Å². The molecule has 5 heteroatoms. The third-order valence-electron chi connectivity index (χ3n) is 2.65. The van der Waals surface area contributed by atoms with Gasteiger partial charge >= 0.3 is 0 Å². The quantitative estimate of drug-likeness (QED) is 0.904. The van der Waals surface area contributed by atoms with E-state index in [4.69, 9.17) is 5.73 Å². The predicted octanol–water partition coefficient (Wildman–Crippen LogP) is 2.53. The molecule has 94 valence electrons. The molecule has 2 rings (SSSR count). The molecule has 1 aromatic heterocycles. The highest BCUT2D eigenvalue weighted by atomic mass is 19.1. The van der Waals surface area contributed by atoms with Gasteiger partial charge in [0.2, 0.25) is 0 Å². The molecular formula is C13H15FN4. The number of nitrogens with two attached hydrogens (primary N) is 1. The Morgan fingerprint density at radius 2 is 1.89 bits per heavy atom. The summed E-state index contributed by atoms with van der Waals surface area (Å²) >= 11 is 0. The van der Waals surface area contributed by atoms with Crippen LogP contribution in [-0.2, 0) is 6.42 Å². The molecular weight excluding hydrogens is 231 g/mol. The topological polar surface area (TPSA) is 55.0 Å². The van der Waals surface area contributed by atoms with Gasteiger partial charge in [0.1, 0.15) is 23.3 Å². The van der Waals surface area contributed by atoms with Crippen molar-refractivity contribution in [3.8, 4) is 0 Å². The predicted molar refractivity (Wildman–Crippen MR) is 70.3 cm³/mol. The standard InChI is InChI=1S/C13H15FN4/c1-3-12-16-11(15)8-13(17-12)18(2)10-6-4-9(14)5-7-10/h4-8H,3H2,1-2H3,(H2,15,16,17). The first-order chi connectivity index (χ1) is 8.60. The molecule has 0 unspecified atom stereocenters. The number of benzene rings is 1. The van der Waals surface area contributed by atoms with Gasteiger partial charge in [-0.2, -0.15) is 0 Å². The Labute approximate surface area is 105 Å². The van der Waals surface area contributed by atoms with Crippen LogP contribution in [0, 0.1) is 5.82 Å². The van der Waals surface area contributed by atoms with Crippen LogP contribution in [0.3, 0.4) is 0 Å². The summed E-state index contributed by atoms with van der Waals surface area (Å²) in [5.74, 6) is 1.57. The van der Waals surface area contributed by atoms with Crippen molar-refractivity contribution in [2.24, 2.45) is 0 Å². The van der Waals surface area contributed by atoms with E-state index in [0.717, 1.165) is 12.1 Å². The van der Waals surface area contributed by atoms with Crippen LogP contribution in [0.1, 0.15) is 12.7 Å². The van der Waals surface area contributed by atoms with Crippen molar-refractivity contribution in [3.63, 3.8) is 0 Å². The number of hydrogen-bond acceptors (Lipinski definition) is 4. The van der Waals surface area contributed by atoms with Crippen molar-refractivity contribution >= 4 is 17.3 Å². The molecule has 0 fully saturated rings. The Bertz CT molecular complexity index is 539. The van der Waals surface area contributed by atoms with Crippen molar-refractivity contribution in [1.82, 2.24) is 9.97 Å². The van der Waals surface area contributed by atoms with Gasteiger partial charge in [-0.1, -0.05) is 6.92 Å². The molecule has 1 aromatic carbocycles. The summed E-state index contributed by atoms with van der Waals surface area (Å²) in [5, 5.41) is 0. The SMILES string of the molecule is CCc1nc(N)cc(N(C)c2ccc(F)cc2)n1. The fraction of sp³-hybridized carbons (Fsp3) is 0.231. The Balaban J connectivity index is 2.35. The van der Waals surface area contributed by atoms with Gasteiger partial charge in [-0.3, -0.25) is 0 Å². The van der Waals surface area contributed by atoms with E-state index in [-0.39, 0.29) is 5.82 Å². The van der Waals surface area contributed by atoms with E-state index >= 15 is 0 Å². The number of nitrogen functional groups attached to an aromatic ring is 1. The maximum absolute atomic E-state index is 12.9. The van der Waals surface area contributed by atoms with Crippen LogP contribution in [0.5, 0.6) is 0 Å². The van der Waals surface area contributed by atoms with Gasteiger partial charge in [0.05, 0.1) is 0 Å². The van der Waals surface area contributed by atoms with E-state index in [1.807, 2.05) is 18.9 Å². The van der Waals surface area contributed by atoms with Crippen molar-refractivity contribution in [1.29, 1.82) is 0 Å². The molecule has 2 aromatic rings. The van der Waals surface area contributed by atoms with E-state index in [1.54, 1.807) is 18.2 Å². The van der Waals surface area contributed by atoms with E-state index in [1.165, 1.54) is 12.1 Å². The van der Waals surface area contributed by atoms with Crippen molar-refractivity contribution in [2.75, 3.05) is 17.7 Å². The summed E-state index contributed by atoms with van der Waals surface area (Å²) in [6.45, 7) is 1.97. The van der Waals surface area contributed by atoms with Crippen molar-refractivity contribution in [2.45, 2.75) is 13.3 Å². The zero-order valence-corrected chi connectivity index (χ0v) is 10.4. The molecule has 0 radical (unpaired) electrons. The first-order valence-electron chi connectivity index (χ1n) is 5.73. The van der Waals surface area contributed by atoms with Crippen LogP contribution in [0.4, 0.5) is 21.7 Å². The highest BCUT2D eigenvalue weighted by molar-refractivity contribution is 5.61. The number of anilines is 3. The van der Waals surface area contributed by atoms with E-state index in [0.29, 0.717) is 17.5 Å². The van der Waals surface area contributed by atoms with Crippen molar-refractivity contribution < 1.29 is 4.39 Å². The number of nitrogens with zero attached hydrogens (tertiary/aromatic N) is 3. The number of hydrogen-bond donors (Lipinski definition) is 1. The molecule has 18 heavy (non-hydrogen) atoms. The average molecular weight is 246 g/mol. The molecule has 0 spiro atoms. The van der Waals surface area contributed by atoms with Crippen LogP contribution in [0.15, 0.2) is 30.3 Å². The number of halogens is 1. The van der Waals surface area contributed by atoms with Gasteiger partial charge in [0, 0.05) is 25.2 Å². The molecule has 0 atom stereocenters. The van der Waals surface area contributed by atoms with Gasteiger partial charge in [-0.05, 0) is 24.3 Å². The van der Waals surface area contributed by atoms with Crippen LogP contribution < -0.4 is 10.6 Å². The molecule has 0 aliphatic carbocycles. The molecule has 1 heterocycles. The summed E-state index contributed by atoms with van der Waals surface area (Å²) in [4.78, 5) is 10.4. The van der Waals surface area contributed by atoms with E-state index < -0.39 is 0 Å². The molecule has 0 saturated carbocycles. The summed E-state index contributed by atoms with van der Waals surface area (Å²) in [5.41, 5.74) is 6.58. The number of rotatable bonds is 3. The zero-order chi connectivity index (χ0) is 13.1. The third kappa shape index (κ3) is 2.56. The second-order valence-electron chi connectivity index (χ2n) is 3.96. The van der Waals surface area contributed by atoms with Gasteiger partial charge in [-0.15, -0.1) is 0 Å². The Morgan fingerprint density at radius 1 is 1.22 bits per heavy atom. The largest absolute Gasteiger partial charge is 0.384 e. The van der Waals surface area contributed by atoms with Crippen molar-refractivity contribution in [3.05, 3.63) is 42.0 Å². The van der Waals surface area contributed by atoms with Crippen LogP contribution in [0.25, 0.3) is 0 Å². The van der Waals surface area contributed by atoms with E-state index in [2.05, 4.69) is 9.97 Å². The van der Waals surface area contributed by atoms with Gasteiger partial charge < -0.3 is 10.6 Å². The fourth-order valence-electron chi connectivity index (χ4n) is 1.63. The van der Waals surface area contributed by atoms with Crippen LogP contribution in [-0.4, -0.2) is 17.0 Å². The molecule has 0 bridgehead atoms. The molecule has 2 N–H and O–H groups in total. The van der Waals surface area contributed by atoms with E-state index in [9.17, 15) is 4.39 Å². The maximum atomic E-state index is 12.9. The van der Waals surface area contributed by atoms with Gasteiger partial charge in [0.15, 0.2) is 0 Å². The third-order valence-corrected chi connectivity index (χ3v) is 2.65. The minimum absolute atomic E-state index is 0.261. The minimum atomic E-state index is -0.261. The lowest BCUT2D eigenvalue weighted by Gasteiger charge is -2.19. The second-order valence-corrected chi connectivity index (χ2v) is 3.96. The summed E-state index contributed by atoms with van der Waals surface area (Å²) in [6.07, 6.45) is 0.718. The average Bonchev–Trinajstić information content (AvgIpc) is 2.38. The first kappa shape index (κ1) is 12.3. The first-order valence-corrected chi connectivity index (χ1v) is 5.73. The zero-order valence-electron chi connectivity index (χ0n) is 10.4. The van der Waals surface area contributed by atoms with Gasteiger partial charge in [0.25, 0.3) is 0 Å². The Hall–Kier alpha value is -2.17. The number of aromatic nitrogens is 2.